The number of carbonyl (C=O) groups is 1. The molecule has 0 spiro atoms. The summed E-state index contributed by atoms with van der Waals surface area (Å²) < 4.78 is 33.1. The second-order valence-corrected chi connectivity index (χ2v) is 8.49. The van der Waals surface area contributed by atoms with Crippen molar-refractivity contribution < 1.29 is 17.9 Å². The van der Waals surface area contributed by atoms with Gasteiger partial charge in [-0.1, -0.05) is 19.1 Å². The van der Waals surface area contributed by atoms with Crippen LogP contribution in [0.2, 0.25) is 0 Å². The molecule has 0 unspecified atom stereocenters. The van der Waals surface area contributed by atoms with Crippen molar-refractivity contribution in [1.82, 2.24) is 19.6 Å². The number of hydrogen-bond donors (Lipinski definition) is 1. The van der Waals surface area contributed by atoms with Crippen LogP contribution in [0.5, 0.6) is 5.75 Å². The number of carbonyl (C=O) groups excluding carboxylic acids is 1. The van der Waals surface area contributed by atoms with E-state index in [2.05, 4.69) is 15.3 Å². The van der Waals surface area contributed by atoms with Crippen molar-refractivity contribution in [3.8, 4) is 5.75 Å². The van der Waals surface area contributed by atoms with Crippen LogP contribution in [0.25, 0.3) is 0 Å². The molecule has 8 nitrogen and oxygen atoms in total. The largest absolute Gasteiger partial charge is 0.490 e. The van der Waals surface area contributed by atoms with E-state index in [4.69, 9.17) is 4.74 Å². The second kappa shape index (κ2) is 6.90. The number of para-hydroxylation sites is 1. The zero-order valence-electron chi connectivity index (χ0n) is 14.8. The smallest absolute Gasteiger partial charge is 0.254 e. The molecule has 2 aromatic rings. The van der Waals surface area contributed by atoms with Gasteiger partial charge in [0, 0.05) is 31.4 Å². The van der Waals surface area contributed by atoms with E-state index in [1.807, 2.05) is 6.92 Å². The SMILES string of the molecule is CCc1ncc(C(=O)N[C@H]2C[C@H]3COc4ccccc4S(=O)(=O)N3C2)cn1. The molecule has 1 aromatic heterocycles. The van der Waals surface area contributed by atoms with Crippen molar-refractivity contribution in [1.29, 1.82) is 0 Å². The van der Waals surface area contributed by atoms with Crippen LogP contribution < -0.4 is 10.1 Å². The highest BCUT2D eigenvalue weighted by molar-refractivity contribution is 7.89. The third-order valence-electron chi connectivity index (χ3n) is 4.85. The van der Waals surface area contributed by atoms with Gasteiger partial charge in [0.1, 0.15) is 23.1 Å². The number of aryl methyl sites for hydroxylation is 1. The molecule has 1 amide bonds. The molecule has 2 atom stereocenters. The van der Waals surface area contributed by atoms with Crippen LogP contribution in [-0.2, 0) is 16.4 Å². The summed E-state index contributed by atoms with van der Waals surface area (Å²) in [5.41, 5.74) is 0.360. The fourth-order valence-corrected chi connectivity index (χ4v) is 5.26. The standard InChI is InChI=1S/C18H20N4O4S/c1-2-17-19-8-12(9-20-17)18(23)21-13-7-14-11-26-15-5-3-4-6-16(15)27(24,25)22(14)10-13/h3-6,8-9,13-14H,2,7,10-11H2,1H3,(H,21,23)/t13-,14-/m0/s1. The van der Waals surface area contributed by atoms with Crippen molar-refractivity contribution >= 4 is 15.9 Å². The molecule has 0 saturated carbocycles. The molecule has 3 heterocycles. The summed E-state index contributed by atoms with van der Waals surface area (Å²) in [6.45, 7) is 2.41. The summed E-state index contributed by atoms with van der Waals surface area (Å²) >= 11 is 0. The van der Waals surface area contributed by atoms with Gasteiger partial charge in [0.2, 0.25) is 10.0 Å². The van der Waals surface area contributed by atoms with Gasteiger partial charge in [-0.15, -0.1) is 0 Å². The van der Waals surface area contributed by atoms with Gasteiger partial charge in [0.25, 0.3) is 5.91 Å². The van der Waals surface area contributed by atoms with E-state index in [-0.39, 0.29) is 36.0 Å². The maximum Gasteiger partial charge on any atom is 0.254 e. The number of fused-ring (bicyclic) bond motifs is 2. The molecule has 0 aliphatic carbocycles. The number of aromatic nitrogens is 2. The summed E-state index contributed by atoms with van der Waals surface area (Å²) in [4.78, 5) is 20.9. The Balaban J connectivity index is 1.50. The van der Waals surface area contributed by atoms with E-state index in [0.29, 0.717) is 30.0 Å². The number of benzene rings is 1. The van der Waals surface area contributed by atoms with Crippen molar-refractivity contribution in [3.05, 3.63) is 48.0 Å². The van der Waals surface area contributed by atoms with Gasteiger partial charge in [-0.3, -0.25) is 4.79 Å². The minimum atomic E-state index is -3.67. The zero-order valence-corrected chi connectivity index (χ0v) is 15.6. The van der Waals surface area contributed by atoms with E-state index < -0.39 is 10.0 Å². The summed E-state index contributed by atoms with van der Waals surface area (Å²) in [5.74, 6) is 0.738. The Bertz CT molecular complexity index is 962. The average Bonchev–Trinajstić information content (AvgIpc) is 3.06. The molecule has 2 aliphatic heterocycles. The predicted octanol–water partition coefficient (Wildman–Crippen LogP) is 0.993. The van der Waals surface area contributed by atoms with Crippen molar-refractivity contribution in [2.75, 3.05) is 13.2 Å². The van der Waals surface area contributed by atoms with E-state index in [0.717, 1.165) is 0 Å². The summed E-state index contributed by atoms with van der Waals surface area (Å²) in [5, 5.41) is 2.89. The number of ether oxygens (including phenoxy) is 1. The first kappa shape index (κ1) is 17.9. The minimum absolute atomic E-state index is 0.169. The van der Waals surface area contributed by atoms with E-state index in [1.165, 1.54) is 16.7 Å². The molecular weight excluding hydrogens is 368 g/mol. The lowest BCUT2D eigenvalue weighted by Crippen LogP contribution is -2.39. The van der Waals surface area contributed by atoms with Crippen molar-refractivity contribution in [2.24, 2.45) is 0 Å². The molecule has 142 valence electrons. The maximum absolute atomic E-state index is 13.0. The zero-order chi connectivity index (χ0) is 19.0. The fraction of sp³-hybridized carbons (Fsp3) is 0.389. The van der Waals surface area contributed by atoms with Gasteiger partial charge < -0.3 is 10.1 Å². The average molecular weight is 388 g/mol. The Labute approximate surface area is 157 Å². The van der Waals surface area contributed by atoms with Gasteiger partial charge in [-0.2, -0.15) is 4.31 Å². The number of nitrogens with one attached hydrogen (secondary N) is 1. The summed E-state index contributed by atoms with van der Waals surface area (Å²) in [6, 6.07) is 6.03. The Morgan fingerprint density at radius 1 is 1.30 bits per heavy atom. The van der Waals surface area contributed by atoms with Gasteiger partial charge in [0.15, 0.2) is 0 Å². The molecular formula is C18H20N4O4S. The molecule has 27 heavy (non-hydrogen) atoms. The van der Waals surface area contributed by atoms with Gasteiger partial charge in [-0.05, 0) is 18.6 Å². The molecule has 0 radical (unpaired) electrons. The van der Waals surface area contributed by atoms with Crippen molar-refractivity contribution in [3.63, 3.8) is 0 Å². The lowest BCUT2D eigenvalue weighted by molar-refractivity contribution is 0.0937. The first-order valence-electron chi connectivity index (χ1n) is 8.84. The van der Waals surface area contributed by atoms with Crippen LogP contribution in [0.15, 0.2) is 41.6 Å². The lowest BCUT2D eigenvalue weighted by atomic mass is 10.1. The summed E-state index contributed by atoms with van der Waals surface area (Å²) in [7, 11) is -3.67. The quantitative estimate of drug-likeness (QED) is 0.842. The molecule has 1 N–H and O–H groups in total. The third kappa shape index (κ3) is 3.28. The van der Waals surface area contributed by atoms with Crippen LogP contribution in [0.3, 0.4) is 0 Å². The van der Waals surface area contributed by atoms with Crippen molar-refractivity contribution in [2.45, 2.75) is 36.7 Å². The Morgan fingerprint density at radius 2 is 2.04 bits per heavy atom. The van der Waals surface area contributed by atoms with Crippen LogP contribution in [0.1, 0.15) is 29.5 Å². The third-order valence-corrected chi connectivity index (χ3v) is 6.81. The monoisotopic (exact) mass is 388 g/mol. The van der Waals surface area contributed by atoms with Gasteiger partial charge >= 0.3 is 0 Å². The first-order chi connectivity index (χ1) is 13.0. The molecule has 1 aromatic carbocycles. The highest BCUT2D eigenvalue weighted by atomic mass is 32.2. The van der Waals surface area contributed by atoms with Crippen LogP contribution in [0.4, 0.5) is 0 Å². The molecule has 4 rings (SSSR count). The highest BCUT2D eigenvalue weighted by Crippen LogP contribution is 2.35. The number of amides is 1. The van der Waals surface area contributed by atoms with Crippen LogP contribution in [-0.4, -0.2) is 53.8 Å². The van der Waals surface area contributed by atoms with E-state index in [1.54, 1.807) is 24.3 Å². The number of rotatable bonds is 3. The van der Waals surface area contributed by atoms with Crippen LogP contribution >= 0.6 is 0 Å². The topological polar surface area (TPSA) is 101 Å². The number of sulfonamides is 1. The molecule has 0 bridgehead atoms. The Morgan fingerprint density at radius 3 is 2.78 bits per heavy atom. The molecule has 2 aliphatic rings. The highest BCUT2D eigenvalue weighted by Gasteiger charge is 2.44. The Kier molecular flexibility index (Phi) is 4.56. The Hall–Kier alpha value is -2.52. The molecule has 1 saturated heterocycles. The maximum atomic E-state index is 13.0. The first-order valence-corrected chi connectivity index (χ1v) is 10.3. The van der Waals surface area contributed by atoms with E-state index in [9.17, 15) is 13.2 Å². The van der Waals surface area contributed by atoms with E-state index >= 15 is 0 Å². The lowest BCUT2D eigenvalue weighted by Gasteiger charge is -2.19. The fourth-order valence-electron chi connectivity index (χ4n) is 3.46. The predicted molar refractivity (Wildman–Crippen MR) is 96.9 cm³/mol. The minimum Gasteiger partial charge on any atom is -0.490 e. The van der Waals surface area contributed by atoms with Gasteiger partial charge in [0.05, 0.1) is 11.6 Å². The van der Waals surface area contributed by atoms with Crippen LogP contribution in [0, 0.1) is 0 Å². The second-order valence-electron chi connectivity index (χ2n) is 6.63. The number of nitrogens with zero attached hydrogens (tertiary/aromatic N) is 3. The molecule has 9 heteroatoms. The van der Waals surface area contributed by atoms with Gasteiger partial charge in [-0.25, -0.2) is 18.4 Å². The molecule has 1 fully saturated rings. The summed E-state index contributed by atoms with van der Waals surface area (Å²) in [6.07, 6.45) is 4.17. The number of hydrogen-bond acceptors (Lipinski definition) is 6. The normalized spacial score (nSPS) is 23.6.